The van der Waals surface area contributed by atoms with Gasteiger partial charge in [0, 0.05) is 44.6 Å². The minimum absolute atomic E-state index is 0.426. The third kappa shape index (κ3) is 3.80. The van der Waals surface area contributed by atoms with Crippen molar-refractivity contribution >= 4 is 12.1 Å². The molecular weight excluding hydrogens is 384 g/mol. The molecule has 0 spiro atoms. The number of imidazole rings is 1. The van der Waals surface area contributed by atoms with Crippen LogP contribution >= 0.6 is 0 Å². The Morgan fingerprint density at radius 3 is 2.32 bits per heavy atom. The fraction of sp³-hybridized carbons (Fsp3) is 0.500. The molecule has 31 heavy (non-hydrogen) atoms. The number of rotatable bonds is 6. The number of carbonyl (C=O) groups is 1. The zero-order valence-electron chi connectivity index (χ0n) is 18.5. The van der Waals surface area contributed by atoms with Crippen molar-refractivity contribution in [3.63, 3.8) is 0 Å². The van der Waals surface area contributed by atoms with Crippen molar-refractivity contribution in [1.29, 1.82) is 0 Å². The first-order chi connectivity index (χ1) is 15.2. The lowest BCUT2D eigenvalue weighted by molar-refractivity contribution is -0.122. The number of hydrogen-bond acceptors (Lipinski definition) is 3. The van der Waals surface area contributed by atoms with E-state index in [1.54, 1.807) is 6.33 Å². The van der Waals surface area contributed by atoms with E-state index in [0.717, 1.165) is 36.7 Å². The molecule has 5 rings (SSSR count). The predicted molar refractivity (Wildman–Crippen MR) is 124 cm³/mol. The summed E-state index contributed by atoms with van der Waals surface area (Å²) in [6.07, 6.45) is 16.7. The Labute approximate surface area is 185 Å². The molecule has 5 heteroatoms. The summed E-state index contributed by atoms with van der Waals surface area (Å²) in [5, 5.41) is 0. The number of aromatic nitrogens is 3. The highest BCUT2D eigenvalue weighted by Gasteiger charge is 2.48. The zero-order chi connectivity index (χ0) is 21.3. The Morgan fingerprint density at radius 2 is 1.61 bits per heavy atom. The number of pyridine rings is 1. The molecule has 1 aromatic rings. The van der Waals surface area contributed by atoms with Crippen LogP contribution in [0.5, 0.6) is 0 Å². The maximum Gasteiger partial charge on any atom is 0.307 e. The molecule has 2 aliphatic heterocycles. The van der Waals surface area contributed by atoms with Crippen LogP contribution in [0.2, 0.25) is 0 Å². The molecule has 2 heterocycles. The van der Waals surface area contributed by atoms with E-state index in [-0.39, 0.29) is 0 Å². The largest absolute Gasteiger partial charge is 0.348 e. The van der Waals surface area contributed by atoms with E-state index in [1.165, 1.54) is 56.2 Å². The molecule has 2 saturated carbocycles. The van der Waals surface area contributed by atoms with Crippen LogP contribution in [0.3, 0.4) is 0 Å². The Hall–Kier alpha value is -2.53. The van der Waals surface area contributed by atoms with Crippen molar-refractivity contribution in [3.8, 4) is 11.4 Å². The van der Waals surface area contributed by atoms with E-state index < -0.39 is 0 Å². The lowest BCUT2D eigenvalue weighted by Crippen LogP contribution is -2.62. The highest BCUT2D eigenvalue weighted by molar-refractivity contribution is 5.71. The quantitative estimate of drug-likeness (QED) is 0.398. The van der Waals surface area contributed by atoms with Gasteiger partial charge in [-0.25, -0.2) is 19.2 Å². The number of benzene rings is 1. The molecule has 0 N–H and O–H groups in total. The molecule has 2 fully saturated rings. The van der Waals surface area contributed by atoms with Crippen LogP contribution in [-0.2, 0) is 11.3 Å². The van der Waals surface area contributed by atoms with Gasteiger partial charge >= 0.3 is 6.41 Å². The van der Waals surface area contributed by atoms with Gasteiger partial charge in [-0.2, -0.15) is 0 Å². The second-order valence-electron chi connectivity index (χ2n) is 9.72. The van der Waals surface area contributed by atoms with Crippen molar-refractivity contribution in [2.24, 2.45) is 5.92 Å². The maximum atomic E-state index is 12.8. The van der Waals surface area contributed by atoms with E-state index in [0.29, 0.717) is 16.6 Å². The molecule has 0 saturated heterocycles. The first-order valence-corrected chi connectivity index (χ1v) is 11.9. The molecule has 1 atom stereocenters. The van der Waals surface area contributed by atoms with Gasteiger partial charge in [0.2, 0.25) is 0 Å². The molecule has 2 aliphatic carbocycles. The topological polar surface area (TPSA) is 47.8 Å². The average molecular weight is 418 g/mol. The smallest absolute Gasteiger partial charge is 0.307 e. The molecule has 4 aliphatic rings. The molecule has 1 amide bonds. The van der Waals surface area contributed by atoms with E-state index in [9.17, 15) is 4.79 Å². The summed E-state index contributed by atoms with van der Waals surface area (Å²) >= 11 is 0. The summed E-state index contributed by atoms with van der Waals surface area (Å²) < 4.78 is 2.70. The first-order valence-electron chi connectivity index (χ1n) is 11.9. The Morgan fingerprint density at radius 1 is 0.935 bits per heavy atom. The Kier molecular flexibility index (Phi) is 5.61. The molecule has 0 radical (unpaired) electrons. The van der Waals surface area contributed by atoms with Gasteiger partial charge in [-0.3, -0.25) is 0 Å². The first kappa shape index (κ1) is 20.4. The number of fused-ring (bicyclic) bond motifs is 1. The van der Waals surface area contributed by atoms with Gasteiger partial charge in [0.15, 0.2) is 0 Å². The number of nitrogens with zero attached hydrogens (tertiary/aromatic N) is 4. The van der Waals surface area contributed by atoms with Crippen LogP contribution < -0.4 is 4.48 Å². The second-order valence-corrected chi connectivity index (χ2v) is 9.72. The molecule has 1 unspecified atom stereocenters. The molecule has 1 aromatic carbocycles. The monoisotopic (exact) mass is 417 g/mol. The standard InChI is InChI=1S/C26H33N4O/c1-20-6-10-23(11-7-20)30(19-31,22-4-2-3-5-22)24-12-8-21(9-13-24)16-29-15-14-25-26(17-29)28-18-27-25/h8-9,12-15,17-20,22-23H,2-7,10-11,16H2,1H3/q+1. The van der Waals surface area contributed by atoms with Gasteiger partial charge in [0.1, 0.15) is 29.8 Å². The Bertz CT molecular complexity index is 983. The van der Waals surface area contributed by atoms with Crippen LogP contribution in [0.1, 0.15) is 63.9 Å². The molecule has 0 bridgehead atoms. The van der Waals surface area contributed by atoms with Gasteiger partial charge in [-0.15, -0.1) is 0 Å². The summed E-state index contributed by atoms with van der Waals surface area (Å²) in [7, 11) is 0. The predicted octanol–water partition coefficient (Wildman–Crippen LogP) is 5.42. The van der Waals surface area contributed by atoms with Gasteiger partial charge in [-0.05, 0) is 55.4 Å². The fourth-order valence-electron chi connectivity index (χ4n) is 6.00. The van der Waals surface area contributed by atoms with Crippen LogP contribution in [-0.4, -0.2) is 33.0 Å². The highest BCUT2D eigenvalue weighted by Crippen LogP contribution is 2.41. The van der Waals surface area contributed by atoms with E-state index in [1.807, 2.05) is 12.3 Å². The minimum atomic E-state index is 0.426. The fourth-order valence-corrected chi connectivity index (χ4v) is 6.00. The number of carbonyl (C=O) groups excluding carboxylic acids is 1. The third-order valence-corrected chi connectivity index (χ3v) is 7.81. The highest BCUT2D eigenvalue weighted by atomic mass is 16.1. The summed E-state index contributed by atoms with van der Waals surface area (Å²) in [6, 6.07) is 11.7. The van der Waals surface area contributed by atoms with Crippen molar-refractivity contribution in [2.75, 3.05) is 0 Å². The maximum absolute atomic E-state index is 12.8. The van der Waals surface area contributed by atoms with E-state index in [2.05, 4.69) is 51.9 Å². The number of amides is 1. The molecule has 5 nitrogen and oxygen atoms in total. The summed E-state index contributed by atoms with van der Waals surface area (Å²) in [5.41, 5.74) is 4.27. The van der Waals surface area contributed by atoms with Crippen molar-refractivity contribution in [3.05, 3.63) is 54.6 Å². The number of quaternary nitrogens is 1. The van der Waals surface area contributed by atoms with Gasteiger partial charge < -0.3 is 4.57 Å². The summed E-state index contributed by atoms with van der Waals surface area (Å²) in [5.74, 6) is 0.789. The van der Waals surface area contributed by atoms with Gasteiger partial charge in [0.05, 0.1) is 5.69 Å². The minimum Gasteiger partial charge on any atom is -0.348 e. The number of hydrogen-bond donors (Lipinski definition) is 0. The molecule has 162 valence electrons. The zero-order valence-corrected chi connectivity index (χ0v) is 18.5. The summed E-state index contributed by atoms with van der Waals surface area (Å²) in [4.78, 5) is 21.4. The molecular formula is C26H33N4O+. The van der Waals surface area contributed by atoms with Crippen molar-refractivity contribution in [2.45, 2.75) is 76.9 Å². The Balaban J connectivity index is 1.43. The average Bonchev–Trinajstić information content (AvgIpc) is 3.49. The van der Waals surface area contributed by atoms with Crippen LogP contribution in [0, 0.1) is 5.92 Å². The molecule has 0 aromatic heterocycles. The SMILES string of the molecule is CC1CCC([N+](C=O)(c2ccc(Cn3ccc4ncnc-4c3)cc2)C2CCCC2)CC1. The van der Waals surface area contributed by atoms with E-state index >= 15 is 0 Å². The van der Waals surface area contributed by atoms with E-state index in [4.69, 9.17) is 0 Å². The third-order valence-electron chi connectivity index (χ3n) is 7.81. The normalized spacial score (nSPS) is 24.3. The van der Waals surface area contributed by atoms with Crippen LogP contribution in [0.4, 0.5) is 5.69 Å². The summed E-state index contributed by atoms with van der Waals surface area (Å²) in [6.45, 7) is 3.14. The van der Waals surface area contributed by atoms with Crippen molar-refractivity contribution < 1.29 is 4.79 Å². The van der Waals surface area contributed by atoms with Gasteiger partial charge in [0.25, 0.3) is 0 Å². The lowest BCUT2D eigenvalue weighted by Gasteiger charge is -2.45. The van der Waals surface area contributed by atoms with Crippen molar-refractivity contribution in [1.82, 2.24) is 19.0 Å². The lowest BCUT2D eigenvalue weighted by atomic mass is 9.84. The van der Waals surface area contributed by atoms with Gasteiger partial charge in [-0.1, -0.05) is 19.1 Å². The van der Waals surface area contributed by atoms with Crippen LogP contribution in [0.15, 0.2) is 49.1 Å². The van der Waals surface area contributed by atoms with Crippen LogP contribution in [0.25, 0.3) is 11.4 Å². The second kappa shape index (κ2) is 8.54.